The Balaban J connectivity index is 1.80. The molecular formula is C18H29N5O2. The first-order valence-corrected chi connectivity index (χ1v) is 8.90. The zero-order chi connectivity index (χ0) is 17.9. The number of nitrogens with zero attached hydrogens (tertiary/aromatic N) is 2. The molecule has 0 aliphatic carbocycles. The van der Waals surface area contributed by atoms with E-state index in [-0.39, 0.29) is 6.03 Å². The number of carbonyl (C=O) groups excluding carboxylic acids is 1. The molecule has 1 aromatic rings. The van der Waals surface area contributed by atoms with Gasteiger partial charge in [-0.2, -0.15) is 0 Å². The van der Waals surface area contributed by atoms with Crippen LogP contribution in [-0.2, 0) is 11.3 Å². The molecule has 1 aliphatic heterocycles. The van der Waals surface area contributed by atoms with E-state index >= 15 is 0 Å². The topological polar surface area (TPSA) is 78.0 Å². The van der Waals surface area contributed by atoms with Gasteiger partial charge in [0.15, 0.2) is 5.96 Å². The molecule has 25 heavy (non-hydrogen) atoms. The highest BCUT2D eigenvalue weighted by Crippen LogP contribution is 2.14. The molecule has 1 aliphatic rings. The van der Waals surface area contributed by atoms with Gasteiger partial charge in [0.2, 0.25) is 0 Å². The zero-order valence-electron chi connectivity index (χ0n) is 15.2. The molecule has 2 rings (SSSR count). The average Bonchev–Trinajstić information content (AvgIpc) is 3.16. The lowest BCUT2D eigenvalue weighted by molar-refractivity contribution is 0.152. The van der Waals surface area contributed by atoms with Gasteiger partial charge < -0.3 is 25.6 Å². The summed E-state index contributed by atoms with van der Waals surface area (Å²) in [6, 6.07) is 7.84. The maximum Gasteiger partial charge on any atom is 0.321 e. The molecule has 0 spiro atoms. The van der Waals surface area contributed by atoms with Crippen LogP contribution >= 0.6 is 0 Å². The first kappa shape index (κ1) is 19.1. The Morgan fingerprint density at radius 1 is 1.28 bits per heavy atom. The molecule has 7 nitrogen and oxygen atoms in total. The van der Waals surface area contributed by atoms with Crippen molar-refractivity contribution < 1.29 is 9.53 Å². The third kappa shape index (κ3) is 6.62. The highest BCUT2D eigenvalue weighted by Gasteiger charge is 2.17. The fourth-order valence-electron chi connectivity index (χ4n) is 2.67. The normalized spacial score (nSPS) is 14.5. The molecular weight excluding hydrogens is 318 g/mol. The van der Waals surface area contributed by atoms with Gasteiger partial charge in [-0.1, -0.05) is 12.1 Å². The van der Waals surface area contributed by atoms with E-state index in [0.717, 1.165) is 43.1 Å². The van der Waals surface area contributed by atoms with Crippen LogP contribution in [0.5, 0.6) is 0 Å². The molecule has 0 unspecified atom stereocenters. The summed E-state index contributed by atoms with van der Waals surface area (Å²) >= 11 is 0. The van der Waals surface area contributed by atoms with Crippen LogP contribution in [-0.4, -0.2) is 56.8 Å². The van der Waals surface area contributed by atoms with Crippen molar-refractivity contribution in [3.63, 3.8) is 0 Å². The van der Waals surface area contributed by atoms with Gasteiger partial charge >= 0.3 is 6.03 Å². The van der Waals surface area contributed by atoms with Gasteiger partial charge in [-0.3, -0.25) is 4.99 Å². The fraction of sp³-hybridized carbons (Fsp3) is 0.556. The van der Waals surface area contributed by atoms with Gasteiger partial charge in [0.1, 0.15) is 0 Å². The molecule has 7 heteroatoms. The van der Waals surface area contributed by atoms with Crippen LogP contribution < -0.4 is 16.0 Å². The second-order valence-corrected chi connectivity index (χ2v) is 5.87. The first-order valence-electron chi connectivity index (χ1n) is 8.90. The number of ether oxygens (including phenoxy) is 1. The summed E-state index contributed by atoms with van der Waals surface area (Å²) in [5, 5.41) is 9.43. The Labute approximate surface area is 149 Å². The SMILES string of the molecule is CCOCCNC(=NC)NCc1cccc(NC(=O)N2CCCC2)c1. The van der Waals surface area contributed by atoms with Crippen molar-refractivity contribution in [1.29, 1.82) is 0 Å². The molecule has 1 fully saturated rings. The number of carbonyl (C=O) groups is 1. The Kier molecular flexibility index (Phi) is 8.04. The van der Waals surface area contributed by atoms with Gasteiger partial charge in [-0.15, -0.1) is 0 Å². The smallest absolute Gasteiger partial charge is 0.321 e. The summed E-state index contributed by atoms with van der Waals surface area (Å²) in [6.45, 7) is 6.36. The van der Waals surface area contributed by atoms with Gasteiger partial charge in [-0.05, 0) is 37.5 Å². The number of urea groups is 1. The second-order valence-electron chi connectivity index (χ2n) is 5.87. The van der Waals surface area contributed by atoms with E-state index in [4.69, 9.17) is 4.74 Å². The standard InChI is InChI=1S/C18H29N5O2/c1-3-25-12-9-20-17(19-2)21-14-15-7-6-8-16(13-15)22-18(24)23-10-4-5-11-23/h6-8,13H,3-5,9-12,14H2,1-2H3,(H,22,24)(H2,19,20,21). The number of rotatable bonds is 7. The van der Waals surface area contributed by atoms with Crippen molar-refractivity contribution >= 4 is 17.7 Å². The van der Waals surface area contributed by atoms with Crippen LogP contribution in [0.2, 0.25) is 0 Å². The Morgan fingerprint density at radius 3 is 2.80 bits per heavy atom. The molecule has 1 aromatic carbocycles. The van der Waals surface area contributed by atoms with Gasteiger partial charge in [-0.25, -0.2) is 4.79 Å². The largest absolute Gasteiger partial charge is 0.380 e. The van der Waals surface area contributed by atoms with Gasteiger partial charge in [0.05, 0.1) is 6.61 Å². The summed E-state index contributed by atoms with van der Waals surface area (Å²) in [5.41, 5.74) is 1.89. The number of nitrogens with one attached hydrogen (secondary N) is 3. The monoisotopic (exact) mass is 347 g/mol. The third-order valence-corrected chi connectivity index (χ3v) is 4.00. The lowest BCUT2D eigenvalue weighted by atomic mass is 10.2. The Hall–Kier alpha value is -2.28. The van der Waals surface area contributed by atoms with E-state index in [1.807, 2.05) is 36.1 Å². The second kappa shape index (κ2) is 10.6. The maximum absolute atomic E-state index is 12.2. The summed E-state index contributed by atoms with van der Waals surface area (Å²) < 4.78 is 5.30. The van der Waals surface area contributed by atoms with Crippen molar-refractivity contribution in [2.24, 2.45) is 4.99 Å². The summed E-state index contributed by atoms with van der Waals surface area (Å²) in [5.74, 6) is 0.728. The van der Waals surface area contributed by atoms with Crippen LogP contribution in [0.1, 0.15) is 25.3 Å². The molecule has 0 bridgehead atoms. The van der Waals surface area contributed by atoms with Crippen LogP contribution in [0.25, 0.3) is 0 Å². The molecule has 2 amide bonds. The third-order valence-electron chi connectivity index (χ3n) is 4.00. The minimum absolute atomic E-state index is 0.0176. The van der Waals surface area contributed by atoms with Crippen molar-refractivity contribution in [2.75, 3.05) is 45.2 Å². The fourth-order valence-corrected chi connectivity index (χ4v) is 2.67. The molecule has 0 aromatic heterocycles. The highest BCUT2D eigenvalue weighted by atomic mass is 16.5. The molecule has 1 saturated heterocycles. The number of hydrogen-bond acceptors (Lipinski definition) is 3. The van der Waals surface area contributed by atoms with Crippen LogP contribution in [0.3, 0.4) is 0 Å². The van der Waals surface area contributed by atoms with E-state index < -0.39 is 0 Å². The van der Waals surface area contributed by atoms with Crippen molar-refractivity contribution in [3.05, 3.63) is 29.8 Å². The van der Waals surface area contributed by atoms with Crippen molar-refractivity contribution in [2.45, 2.75) is 26.3 Å². The summed E-state index contributed by atoms with van der Waals surface area (Å²) in [6.07, 6.45) is 2.18. The quantitative estimate of drug-likeness (QED) is 0.401. The first-order chi connectivity index (χ1) is 12.2. The minimum atomic E-state index is -0.0176. The predicted molar refractivity (Wildman–Crippen MR) is 101 cm³/mol. The lowest BCUT2D eigenvalue weighted by Crippen LogP contribution is -2.38. The summed E-state index contributed by atoms with van der Waals surface area (Å²) in [7, 11) is 1.74. The summed E-state index contributed by atoms with van der Waals surface area (Å²) in [4.78, 5) is 18.2. The van der Waals surface area contributed by atoms with Crippen LogP contribution in [0.15, 0.2) is 29.3 Å². The Morgan fingerprint density at radius 2 is 2.08 bits per heavy atom. The van der Waals surface area contributed by atoms with E-state index in [1.54, 1.807) is 7.05 Å². The van der Waals surface area contributed by atoms with Gasteiger partial charge in [0, 0.05) is 45.5 Å². The number of likely N-dealkylation sites (tertiary alicyclic amines) is 1. The van der Waals surface area contributed by atoms with Crippen LogP contribution in [0.4, 0.5) is 10.5 Å². The van der Waals surface area contributed by atoms with Crippen LogP contribution in [0, 0.1) is 0 Å². The Bertz CT molecular complexity index is 570. The van der Waals surface area contributed by atoms with E-state index in [9.17, 15) is 4.79 Å². The number of aliphatic imine (C=N–C) groups is 1. The van der Waals surface area contributed by atoms with E-state index in [2.05, 4.69) is 20.9 Å². The lowest BCUT2D eigenvalue weighted by Gasteiger charge is -2.17. The zero-order valence-corrected chi connectivity index (χ0v) is 15.2. The predicted octanol–water partition coefficient (Wildman–Crippen LogP) is 2.02. The molecule has 1 heterocycles. The minimum Gasteiger partial charge on any atom is -0.380 e. The molecule has 138 valence electrons. The number of anilines is 1. The molecule has 0 atom stereocenters. The van der Waals surface area contributed by atoms with Crippen molar-refractivity contribution in [1.82, 2.24) is 15.5 Å². The highest BCUT2D eigenvalue weighted by molar-refractivity contribution is 5.89. The molecule has 0 saturated carbocycles. The van der Waals surface area contributed by atoms with Crippen molar-refractivity contribution in [3.8, 4) is 0 Å². The molecule has 0 radical (unpaired) electrons. The number of hydrogen-bond donors (Lipinski definition) is 3. The van der Waals surface area contributed by atoms with Gasteiger partial charge in [0.25, 0.3) is 0 Å². The maximum atomic E-state index is 12.2. The number of amides is 2. The van der Waals surface area contributed by atoms with E-state index in [1.165, 1.54) is 0 Å². The molecule has 3 N–H and O–H groups in total. The van der Waals surface area contributed by atoms with E-state index in [0.29, 0.717) is 26.3 Å². The average molecular weight is 347 g/mol. The number of benzene rings is 1. The number of guanidine groups is 1.